The van der Waals surface area contributed by atoms with E-state index in [1.54, 1.807) is 6.07 Å². The minimum absolute atomic E-state index is 0.483. The van der Waals surface area contributed by atoms with Crippen LogP contribution < -0.4 is 5.73 Å². The lowest BCUT2D eigenvalue weighted by Gasteiger charge is -2.06. The number of aryl methyl sites for hydroxylation is 2. The van der Waals surface area contributed by atoms with Crippen molar-refractivity contribution in [3.63, 3.8) is 0 Å². The molecule has 0 fully saturated rings. The van der Waals surface area contributed by atoms with E-state index < -0.39 is 0 Å². The van der Waals surface area contributed by atoms with Gasteiger partial charge in [0.15, 0.2) is 5.82 Å². The van der Waals surface area contributed by atoms with Crippen molar-refractivity contribution in [3.8, 4) is 11.4 Å². The Morgan fingerprint density at radius 3 is 2.50 bits per heavy atom. The summed E-state index contributed by atoms with van der Waals surface area (Å²) in [6, 6.07) is 7.37. The molecule has 3 nitrogen and oxygen atoms in total. The van der Waals surface area contributed by atoms with Crippen molar-refractivity contribution in [2.24, 2.45) is 0 Å². The second-order valence-electron chi connectivity index (χ2n) is 3.72. The summed E-state index contributed by atoms with van der Waals surface area (Å²) in [5, 5.41) is 0.710. The number of nitrogens with two attached hydrogens (primary N) is 1. The SMILES string of the molecule is Cc1cc(N)nc(-c2ccc(Cl)cc2C)n1. The van der Waals surface area contributed by atoms with Gasteiger partial charge >= 0.3 is 0 Å². The smallest absolute Gasteiger partial charge is 0.162 e. The molecule has 0 aliphatic carbocycles. The Morgan fingerprint density at radius 1 is 1.12 bits per heavy atom. The van der Waals surface area contributed by atoms with E-state index in [1.807, 2.05) is 32.0 Å². The fourth-order valence-corrected chi connectivity index (χ4v) is 1.82. The van der Waals surface area contributed by atoms with E-state index in [4.69, 9.17) is 17.3 Å². The fourth-order valence-electron chi connectivity index (χ4n) is 1.59. The minimum atomic E-state index is 0.483. The number of nitrogens with zero attached hydrogens (tertiary/aromatic N) is 2. The zero-order valence-electron chi connectivity index (χ0n) is 9.16. The van der Waals surface area contributed by atoms with Crippen LogP contribution in [0.15, 0.2) is 24.3 Å². The van der Waals surface area contributed by atoms with Crippen molar-refractivity contribution in [2.45, 2.75) is 13.8 Å². The first-order valence-electron chi connectivity index (χ1n) is 4.94. The van der Waals surface area contributed by atoms with Gasteiger partial charge < -0.3 is 5.73 Å². The van der Waals surface area contributed by atoms with Crippen LogP contribution in [-0.4, -0.2) is 9.97 Å². The molecule has 0 amide bonds. The van der Waals surface area contributed by atoms with Gasteiger partial charge in [0.05, 0.1) is 0 Å². The van der Waals surface area contributed by atoms with Gasteiger partial charge in [-0.25, -0.2) is 9.97 Å². The Hall–Kier alpha value is -1.61. The largest absolute Gasteiger partial charge is 0.384 e. The van der Waals surface area contributed by atoms with Gasteiger partial charge in [-0.05, 0) is 37.6 Å². The molecule has 0 spiro atoms. The second kappa shape index (κ2) is 4.10. The Morgan fingerprint density at radius 2 is 1.88 bits per heavy atom. The maximum absolute atomic E-state index is 5.90. The van der Waals surface area contributed by atoms with Crippen LogP contribution in [0, 0.1) is 13.8 Å². The highest BCUT2D eigenvalue weighted by molar-refractivity contribution is 6.30. The number of aromatic nitrogens is 2. The minimum Gasteiger partial charge on any atom is -0.384 e. The first-order valence-corrected chi connectivity index (χ1v) is 5.32. The van der Waals surface area contributed by atoms with Gasteiger partial charge in [-0.3, -0.25) is 0 Å². The number of benzene rings is 1. The van der Waals surface area contributed by atoms with E-state index in [9.17, 15) is 0 Å². The van der Waals surface area contributed by atoms with Gasteiger partial charge in [0.2, 0.25) is 0 Å². The zero-order valence-corrected chi connectivity index (χ0v) is 9.92. The molecular formula is C12H12ClN3. The topological polar surface area (TPSA) is 51.8 Å². The molecule has 2 aromatic rings. The van der Waals surface area contributed by atoms with E-state index in [0.29, 0.717) is 16.7 Å². The van der Waals surface area contributed by atoms with Gasteiger partial charge in [0.25, 0.3) is 0 Å². The average molecular weight is 234 g/mol. The van der Waals surface area contributed by atoms with E-state index in [1.165, 1.54) is 0 Å². The summed E-state index contributed by atoms with van der Waals surface area (Å²) >= 11 is 5.90. The van der Waals surface area contributed by atoms with Crippen LogP contribution in [-0.2, 0) is 0 Å². The number of hydrogen-bond donors (Lipinski definition) is 1. The van der Waals surface area contributed by atoms with Crippen molar-refractivity contribution in [3.05, 3.63) is 40.5 Å². The third-order valence-electron chi connectivity index (χ3n) is 2.30. The van der Waals surface area contributed by atoms with Crippen molar-refractivity contribution in [2.75, 3.05) is 5.73 Å². The molecule has 0 atom stereocenters. The molecule has 82 valence electrons. The molecule has 2 N–H and O–H groups in total. The first kappa shape index (κ1) is 10.9. The van der Waals surface area contributed by atoms with Crippen molar-refractivity contribution < 1.29 is 0 Å². The third-order valence-corrected chi connectivity index (χ3v) is 2.54. The molecule has 2 rings (SSSR count). The zero-order chi connectivity index (χ0) is 11.7. The summed E-state index contributed by atoms with van der Waals surface area (Å²) in [5.41, 5.74) is 8.56. The summed E-state index contributed by atoms with van der Waals surface area (Å²) in [5.74, 6) is 1.13. The van der Waals surface area contributed by atoms with E-state index in [0.717, 1.165) is 16.8 Å². The van der Waals surface area contributed by atoms with Crippen LogP contribution in [0.25, 0.3) is 11.4 Å². The normalized spacial score (nSPS) is 10.4. The Bertz CT molecular complexity index is 518. The van der Waals surface area contributed by atoms with Gasteiger partial charge in [-0.15, -0.1) is 0 Å². The molecule has 0 aliphatic heterocycles. The second-order valence-corrected chi connectivity index (χ2v) is 4.15. The Labute approximate surface area is 99.3 Å². The van der Waals surface area contributed by atoms with Crippen LogP contribution >= 0.6 is 11.6 Å². The molecule has 1 heterocycles. The highest BCUT2D eigenvalue weighted by Crippen LogP contribution is 2.23. The van der Waals surface area contributed by atoms with Crippen LogP contribution in [0.1, 0.15) is 11.3 Å². The molecule has 1 aromatic carbocycles. The van der Waals surface area contributed by atoms with E-state index in [-0.39, 0.29) is 0 Å². The number of rotatable bonds is 1. The number of anilines is 1. The molecular weight excluding hydrogens is 222 g/mol. The molecule has 16 heavy (non-hydrogen) atoms. The Balaban J connectivity index is 2.58. The number of nitrogen functional groups attached to an aromatic ring is 1. The molecule has 0 saturated heterocycles. The first-order chi connectivity index (χ1) is 7.56. The van der Waals surface area contributed by atoms with E-state index >= 15 is 0 Å². The van der Waals surface area contributed by atoms with E-state index in [2.05, 4.69) is 9.97 Å². The van der Waals surface area contributed by atoms with Crippen molar-refractivity contribution in [1.82, 2.24) is 9.97 Å². The summed E-state index contributed by atoms with van der Waals surface area (Å²) in [4.78, 5) is 8.58. The summed E-state index contributed by atoms with van der Waals surface area (Å²) in [7, 11) is 0. The summed E-state index contributed by atoms with van der Waals surface area (Å²) in [6.45, 7) is 3.87. The molecule has 0 aliphatic rings. The predicted molar refractivity (Wildman–Crippen MR) is 66.4 cm³/mol. The summed E-state index contributed by atoms with van der Waals surface area (Å²) < 4.78 is 0. The lowest BCUT2D eigenvalue weighted by Crippen LogP contribution is -1.98. The standard InChI is InChI=1S/C12H12ClN3/c1-7-5-9(13)3-4-10(7)12-15-8(2)6-11(14)16-12/h3-6H,1-2H3,(H2,14,15,16). The maximum Gasteiger partial charge on any atom is 0.162 e. The maximum atomic E-state index is 5.90. The highest BCUT2D eigenvalue weighted by Gasteiger charge is 2.06. The molecule has 1 aromatic heterocycles. The van der Waals surface area contributed by atoms with Gasteiger partial charge in [-0.1, -0.05) is 11.6 Å². The van der Waals surface area contributed by atoms with Crippen molar-refractivity contribution in [1.29, 1.82) is 0 Å². The molecule has 4 heteroatoms. The molecule has 0 unspecified atom stereocenters. The van der Waals surface area contributed by atoms with Crippen LogP contribution in [0.3, 0.4) is 0 Å². The van der Waals surface area contributed by atoms with Gasteiger partial charge in [-0.2, -0.15) is 0 Å². The lowest BCUT2D eigenvalue weighted by molar-refractivity contribution is 1.11. The number of hydrogen-bond acceptors (Lipinski definition) is 3. The van der Waals surface area contributed by atoms with Gasteiger partial charge in [0, 0.05) is 22.3 Å². The lowest BCUT2D eigenvalue weighted by atomic mass is 10.1. The fraction of sp³-hybridized carbons (Fsp3) is 0.167. The molecule has 0 saturated carbocycles. The van der Waals surface area contributed by atoms with Crippen LogP contribution in [0.5, 0.6) is 0 Å². The Kier molecular flexibility index (Phi) is 2.79. The van der Waals surface area contributed by atoms with Crippen LogP contribution in [0.4, 0.5) is 5.82 Å². The monoisotopic (exact) mass is 233 g/mol. The van der Waals surface area contributed by atoms with Gasteiger partial charge in [0.1, 0.15) is 5.82 Å². The quantitative estimate of drug-likeness (QED) is 0.824. The van der Waals surface area contributed by atoms with Crippen molar-refractivity contribution >= 4 is 17.4 Å². The molecule has 0 bridgehead atoms. The summed E-state index contributed by atoms with van der Waals surface area (Å²) in [6.07, 6.45) is 0. The molecule has 0 radical (unpaired) electrons. The van der Waals surface area contributed by atoms with Crippen LogP contribution in [0.2, 0.25) is 5.02 Å². The third kappa shape index (κ3) is 2.14. The highest BCUT2D eigenvalue weighted by atomic mass is 35.5. The average Bonchev–Trinajstić information content (AvgIpc) is 2.15. The number of halogens is 1. The predicted octanol–water partition coefficient (Wildman–Crippen LogP) is 3.00.